The number of benzene rings is 2. The van der Waals surface area contributed by atoms with Crippen LogP contribution in [0.2, 0.25) is 0 Å². The quantitative estimate of drug-likeness (QED) is 0.471. The summed E-state index contributed by atoms with van der Waals surface area (Å²) >= 11 is 0. The molecule has 8 heteroatoms. The van der Waals surface area contributed by atoms with Gasteiger partial charge in [-0.3, -0.25) is 29.4 Å². The normalized spacial score (nSPS) is 15.6. The molecule has 0 fully saturated rings. The van der Waals surface area contributed by atoms with Crippen LogP contribution in [0.3, 0.4) is 0 Å². The molecule has 2 aromatic carbocycles. The average molecular weight is 365 g/mol. The van der Waals surface area contributed by atoms with Crippen molar-refractivity contribution in [3.63, 3.8) is 0 Å². The Morgan fingerprint density at radius 3 is 2.59 bits per heavy atom. The highest BCUT2D eigenvalue weighted by Crippen LogP contribution is 2.29. The number of nitrogens with zero attached hydrogens (tertiary/aromatic N) is 3. The Kier molecular flexibility index (Phi) is 3.95. The number of hydrogen-bond donors (Lipinski definition) is 0. The van der Waals surface area contributed by atoms with E-state index in [1.807, 2.05) is 24.3 Å². The standard InChI is InChI=1S/C19H15N3O5/c23-17(20-9-3-5-12-4-1-2-6-16(12)20)11-21-18(24)14-8-7-13(22(26)27)10-15(14)19(21)25/h1-2,4,6-8,10H,3,5,9,11H2. The average Bonchev–Trinajstić information content (AvgIpc) is 2.91. The van der Waals surface area contributed by atoms with Gasteiger partial charge in [-0.25, -0.2) is 0 Å². The molecule has 136 valence electrons. The molecule has 3 amide bonds. The van der Waals surface area contributed by atoms with Crippen LogP contribution in [0.15, 0.2) is 42.5 Å². The van der Waals surface area contributed by atoms with E-state index >= 15 is 0 Å². The van der Waals surface area contributed by atoms with Crippen LogP contribution in [-0.2, 0) is 11.2 Å². The molecule has 0 N–H and O–H groups in total. The molecule has 0 aromatic heterocycles. The van der Waals surface area contributed by atoms with E-state index in [2.05, 4.69) is 0 Å². The lowest BCUT2D eigenvalue weighted by Crippen LogP contribution is -2.44. The summed E-state index contributed by atoms with van der Waals surface area (Å²) in [6.45, 7) is 0.124. The van der Waals surface area contributed by atoms with Crippen LogP contribution in [0.1, 0.15) is 32.7 Å². The first-order valence-corrected chi connectivity index (χ1v) is 8.50. The summed E-state index contributed by atoms with van der Waals surface area (Å²) < 4.78 is 0. The van der Waals surface area contributed by atoms with Gasteiger partial charge in [0.15, 0.2) is 0 Å². The Bertz CT molecular complexity index is 1000. The number of rotatable bonds is 3. The Morgan fingerprint density at radius 2 is 1.81 bits per heavy atom. The summed E-state index contributed by atoms with van der Waals surface area (Å²) in [7, 11) is 0. The number of non-ortho nitro benzene ring substituents is 1. The van der Waals surface area contributed by atoms with Crippen LogP contribution in [0.4, 0.5) is 11.4 Å². The number of nitro groups is 1. The van der Waals surface area contributed by atoms with Gasteiger partial charge in [-0.15, -0.1) is 0 Å². The number of nitro benzene ring substituents is 1. The lowest BCUT2D eigenvalue weighted by atomic mass is 10.0. The number of fused-ring (bicyclic) bond motifs is 2. The molecule has 0 unspecified atom stereocenters. The Labute approximate surface area is 154 Å². The zero-order valence-corrected chi connectivity index (χ0v) is 14.3. The van der Waals surface area contributed by atoms with Crippen molar-refractivity contribution in [3.05, 3.63) is 69.3 Å². The lowest BCUT2D eigenvalue weighted by molar-refractivity contribution is -0.384. The summed E-state index contributed by atoms with van der Waals surface area (Å²) in [5, 5.41) is 10.9. The van der Waals surface area contributed by atoms with Gasteiger partial charge in [0.2, 0.25) is 5.91 Å². The molecule has 2 aliphatic rings. The fourth-order valence-electron chi connectivity index (χ4n) is 3.55. The van der Waals surface area contributed by atoms with Crippen molar-refractivity contribution >= 4 is 29.1 Å². The van der Waals surface area contributed by atoms with E-state index in [9.17, 15) is 24.5 Å². The van der Waals surface area contributed by atoms with Gasteiger partial charge in [-0.2, -0.15) is 0 Å². The van der Waals surface area contributed by atoms with Crippen LogP contribution < -0.4 is 4.90 Å². The second kappa shape index (κ2) is 6.31. The van der Waals surface area contributed by atoms with Crippen molar-refractivity contribution in [2.24, 2.45) is 0 Å². The minimum atomic E-state index is -0.683. The number of aryl methyl sites for hydroxylation is 1. The first-order valence-electron chi connectivity index (χ1n) is 8.50. The predicted octanol–water partition coefficient (Wildman–Crippen LogP) is 2.17. The van der Waals surface area contributed by atoms with Gasteiger partial charge in [0.05, 0.1) is 16.1 Å². The van der Waals surface area contributed by atoms with Crippen molar-refractivity contribution in [2.75, 3.05) is 18.0 Å². The van der Waals surface area contributed by atoms with E-state index in [0.29, 0.717) is 6.54 Å². The number of hydrogen-bond acceptors (Lipinski definition) is 5. The van der Waals surface area contributed by atoms with Crippen molar-refractivity contribution in [2.45, 2.75) is 12.8 Å². The summed E-state index contributed by atoms with van der Waals surface area (Å²) in [6.07, 6.45) is 1.67. The number of para-hydroxylation sites is 1. The molecular weight excluding hydrogens is 350 g/mol. The van der Waals surface area contributed by atoms with Crippen LogP contribution in [0.5, 0.6) is 0 Å². The molecule has 2 aliphatic heterocycles. The van der Waals surface area contributed by atoms with E-state index in [0.717, 1.165) is 35.1 Å². The van der Waals surface area contributed by atoms with Gasteiger partial charge >= 0.3 is 0 Å². The first kappa shape index (κ1) is 16.9. The number of anilines is 1. The zero-order chi connectivity index (χ0) is 19.1. The molecule has 2 aromatic rings. The Balaban J connectivity index is 1.59. The molecule has 0 spiro atoms. The zero-order valence-electron chi connectivity index (χ0n) is 14.3. The molecule has 0 aliphatic carbocycles. The SMILES string of the molecule is O=C1c2ccc([N+](=O)[O-])cc2C(=O)N1CC(=O)N1CCCc2ccccc21. The van der Waals surface area contributed by atoms with Crippen LogP contribution >= 0.6 is 0 Å². The number of carbonyl (C=O) groups excluding carboxylic acids is 3. The van der Waals surface area contributed by atoms with E-state index in [1.165, 1.54) is 12.1 Å². The smallest absolute Gasteiger partial charge is 0.270 e. The molecule has 2 heterocycles. The fraction of sp³-hybridized carbons (Fsp3) is 0.211. The molecular formula is C19H15N3O5. The third-order valence-electron chi connectivity index (χ3n) is 4.87. The third kappa shape index (κ3) is 2.75. The van der Waals surface area contributed by atoms with E-state index in [1.54, 1.807) is 4.90 Å². The number of imide groups is 1. The molecule has 0 saturated carbocycles. The monoisotopic (exact) mass is 365 g/mol. The fourth-order valence-corrected chi connectivity index (χ4v) is 3.55. The molecule has 0 bridgehead atoms. The Morgan fingerprint density at radius 1 is 1.07 bits per heavy atom. The van der Waals surface area contributed by atoms with E-state index in [-0.39, 0.29) is 22.7 Å². The minimum absolute atomic E-state index is 0.0407. The maximum Gasteiger partial charge on any atom is 0.270 e. The molecule has 27 heavy (non-hydrogen) atoms. The van der Waals surface area contributed by atoms with Gasteiger partial charge in [0, 0.05) is 24.4 Å². The number of carbonyl (C=O) groups is 3. The van der Waals surface area contributed by atoms with Gasteiger partial charge in [0.1, 0.15) is 6.54 Å². The topological polar surface area (TPSA) is 101 Å². The van der Waals surface area contributed by atoms with Crippen molar-refractivity contribution in [3.8, 4) is 0 Å². The largest absolute Gasteiger partial charge is 0.311 e. The summed E-state index contributed by atoms with van der Waals surface area (Å²) in [5.41, 5.74) is 1.61. The molecule has 0 saturated heterocycles. The second-order valence-corrected chi connectivity index (χ2v) is 6.46. The number of amides is 3. The van der Waals surface area contributed by atoms with Gasteiger partial charge in [-0.05, 0) is 30.5 Å². The van der Waals surface area contributed by atoms with Gasteiger partial charge in [-0.1, -0.05) is 18.2 Å². The maximum atomic E-state index is 12.8. The predicted molar refractivity (Wildman–Crippen MR) is 95.6 cm³/mol. The molecule has 0 atom stereocenters. The summed E-state index contributed by atoms with van der Waals surface area (Å²) in [4.78, 5) is 50.6. The highest BCUT2D eigenvalue weighted by atomic mass is 16.6. The van der Waals surface area contributed by atoms with E-state index < -0.39 is 23.3 Å². The highest BCUT2D eigenvalue weighted by Gasteiger charge is 2.39. The third-order valence-corrected chi connectivity index (χ3v) is 4.87. The maximum absolute atomic E-state index is 12.8. The highest BCUT2D eigenvalue weighted by molar-refractivity contribution is 6.23. The van der Waals surface area contributed by atoms with Crippen LogP contribution in [0, 0.1) is 10.1 Å². The molecule has 4 rings (SSSR count). The Hall–Kier alpha value is -3.55. The molecule has 0 radical (unpaired) electrons. The second-order valence-electron chi connectivity index (χ2n) is 6.46. The van der Waals surface area contributed by atoms with Crippen molar-refractivity contribution < 1.29 is 19.3 Å². The van der Waals surface area contributed by atoms with E-state index in [4.69, 9.17) is 0 Å². The lowest BCUT2D eigenvalue weighted by Gasteiger charge is -2.30. The van der Waals surface area contributed by atoms with Crippen molar-refractivity contribution in [1.29, 1.82) is 0 Å². The summed E-state index contributed by atoms with van der Waals surface area (Å²) in [5.74, 6) is -1.65. The van der Waals surface area contributed by atoms with Gasteiger partial charge in [0.25, 0.3) is 17.5 Å². The minimum Gasteiger partial charge on any atom is -0.311 e. The molecule has 8 nitrogen and oxygen atoms in total. The summed E-state index contributed by atoms with van der Waals surface area (Å²) in [6, 6.07) is 11.1. The first-order chi connectivity index (χ1) is 13.0. The van der Waals surface area contributed by atoms with Crippen molar-refractivity contribution in [1.82, 2.24) is 4.90 Å². The van der Waals surface area contributed by atoms with Crippen LogP contribution in [0.25, 0.3) is 0 Å². The van der Waals surface area contributed by atoms with Crippen LogP contribution in [-0.4, -0.2) is 40.6 Å². The van der Waals surface area contributed by atoms with Gasteiger partial charge < -0.3 is 4.90 Å².